The first-order chi connectivity index (χ1) is 8.61. The maximum absolute atomic E-state index is 4.10. The van der Waals surface area contributed by atoms with Crippen molar-refractivity contribution in [3.63, 3.8) is 0 Å². The summed E-state index contributed by atoms with van der Waals surface area (Å²) in [4.78, 5) is 5.11. The maximum Gasteiger partial charge on any atom is 0.0376 e. The summed E-state index contributed by atoms with van der Waals surface area (Å²) in [5.41, 5.74) is 1.16. The zero-order chi connectivity index (χ0) is 13.4. The van der Waals surface area contributed by atoms with Crippen molar-refractivity contribution in [3.05, 3.63) is 12.3 Å². The number of hydrogen-bond acceptors (Lipinski definition) is 3. The fourth-order valence-electron chi connectivity index (χ4n) is 2.48. The van der Waals surface area contributed by atoms with E-state index in [4.69, 9.17) is 0 Å². The third-order valence-corrected chi connectivity index (χ3v) is 3.45. The van der Waals surface area contributed by atoms with Crippen LogP contribution in [0.4, 0.5) is 0 Å². The van der Waals surface area contributed by atoms with Crippen LogP contribution in [0.15, 0.2) is 12.3 Å². The fraction of sp³-hybridized carbons (Fsp3) is 0.867. The van der Waals surface area contributed by atoms with Crippen molar-refractivity contribution in [2.75, 3.05) is 39.3 Å². The summed E-state index contributed by atoms with van der Waals surface area (Å²) < 4.78 is 0. The van der Waals surface area contributed by atoms with Gasteiger partial charge in [-0.15, -0.1) is 0 Å². The number of nitrogens with zero attached hydrogens (tertiary/aromatic N) is 2. The summed E-state index contributed by atoms with van der Waals surface area (Å²) in [5, 5.41) is 3.39. The van der Waals surface area contributed by atoms with Gasteiger partial charge in [0.25, 0.3) is 0 Å². The standard InChI is InChI=1S/C15H31N3/c1-5-6-7-8-17-9-11-18(12-10-17)13-15(4)16-14(2)3/h14,16H,4-13H2,1-3H3. The van der Waals surface area contributed by atoms with Crippen LogP contribution in [-0.4, -0.2) is 55.1 Å². The molecule has 0 aromatic carbocycles. The zero-order valence-electron chi connectivity index (χ0n) is 12.5. The Morgan fingerprint density at radius 2 is 1.72 bits per heavy atom. The third kappa shape index (κ3) is 6.41. The minimum Gasteiger partial charge on any atom is -0.386 e. The highest BCUT2D eigenvalue weighted by Gasteiger charge is 2.16. The van der Waals surface area contributed by atoms with E-state index in [2.05, 4.69) is 42.5 Å². The molecular weight excluding hydrogens is 222 g/mol. The van der Waals surface area contributed by atoms with Crippen molar-refractivity contribution in [1.29, 1.82) is 0 Å². The van der Waals surface area contributed by atoms with Crippen LogP contribution in [0.25, 0.3) is 0 Å². The van der Waals surface area contributed by atoms with Crippen LogP contribution in [0.5, 0.6) is 0 Å². The highest BCUT2D eigenvalue weighted by Crippen LogP contribution is 2.06. The van der Waals surface area contributed by atoms with Gasteiger partial charge in [0.2, 0.25) is 0 Å². The Hall–Kier alpha value is -0.540. The molecule has 0 spiro atoms. The van der Waals surface area contributed by atoms with Crippen LogP contribution >= 0.6 is 0 Å². The van der Waals surface area contributed by atoms with E-state index in [-0.39, 0.29) is 0 Å². The van der Waals surface area contributed by atoms with Crippen LogP contribution in [-0.2, 0) is 0 Å². The molecule has 0 unspecified atom stereocenters. The lowest BCUT2D eigenvalue weighted by Crippen LogP contribution is -2.47. The van der Waals surface area contributed by atoms with E-state index in [1.807, 2.05) is 0 Å². The lowest BCUT2D eigenvalue weighted by atomic mass is 10.2. The molecule has 18 heavy (non-hydrogen) atoms. The maximum atomic E-state index is 4.10. The van der Waals surface area contributed by atoms with Crippen molar-refractivity contribution in [2.24, 2.45) is 0 Å². The van der Waals surface area contributed by atoms with Crippen molar-refractivity contribution < 1.29 is 0 Å². The van der Waals surface area contributed by atoms with E-state index in [1.165, 1.54) is 52.0 Å². The Kier molecular flexibility index (Phi) is 7.36. The predicted octanol–water partition coefficient (Wildman–Crippen LogP) is 2.31. The molecule has 0 radical (unpaired) electrons. The molecule has 0 atom stereocenters. The normalized spacial score (nSPS) is 18.2. The van der Waals surface area contributed by atoms with Crippen LogP contribution < -0.4 is 5.32 Å². The van der Waals surface area contributed by atoms with Gasteiger partial charge in [0.05, 0.1) is 0 Å². The second-order valence-electron chi connectivity index (χ2n) is 5.73. The second-order valence-corrected chi connectivity index (χ2v) is 5.73. The summed E-state index contributed by atoms with van der Waals surface area (Å²) in [6, 6.07) is 0.493. The van der Waals surface area contributed by atoms with Crippen molar-refractivity contribution in [2.45, 2.75) is 46.1 Å². The highest BCUT2D eigenvalue weighted by atomic mass is 15.3. The summed E-state index contributed by atoms with van der Waals surface area (Å²) in [6.45, 7) is 17.8. The average molecular weight is 253 g/mol. The Morgan fingerprint density at radius 1 is 1.11 bits per heavy atom. The van der Waals surface area contributed by atoms with Crippen LogP contribution in [0.1, 0.15) is 40.0 Å². The molecule has 0 saturated carbocycles. The smallest absolute Gasteiger partial charge is 0.0376 e. The molecule has 1 aliphatic heterocycles. The summed E-state index contributed by atoms with van der Waals surface area (Å²) in [5.74, 6) is 0. The Labute approximate surface area is 113 Å². The second kappa shape index (κ2) is 8.54. The van der Waals surface area contributed by atoms with Gasteiger partial charge in [-0.3, -0.25) is 4.90 Å². The molecule has 1 fully saturated rings. The number of hydrogen-bond donors (Lipinski definition) is 1. The minimum absolute atomic E-state index is 0.493. The zero-order valence-corrected chi connectivity index (χ0v) is 12.5. The molecule has 1 heterocycles. The molecule has 3 nitrogen and oxygen atoms in total. The number of rotatable bonds is 8. The molecule has 0 aromatic heterocycles. The first kappa shape index (κ1) is 15.5. The molecule has 1 N–H and O–H groups in total. The van der Waals surface area contributed by atoms with Gasteiger partial charge in [-0.1, -0.05) is 26.3 Å². The fourth-order valence-corrected chi connectivity index (χ4v) is 2.48. The van der Waals surface area contributed by atoms with Crippen LogP contribution in [0.2, 0.25) is 0 Å². The van der Waals surface area contributed by atoms with E-state index in [9.17, 15) is 0 Å². The van der Waals surface area contributed by atoms with Gasteiger partial charge in [-0.25, -0.2) is 0 Å². The highest BCUT2D eigenvalue weighted by molar-refractivity contribution is 4.96. The van der Waals surface area contributed by atoms with Gasteiger partial charge in [0.1, 0.15) is 0 Å². The van der Waals surface area contributed by atoms with E-state index in [0.717, 1.165) is 12.2 Å². The summed E-state index contributed by atoms with van der Waals surface area (Å²) in [7, 11) is 0. The molecule has 0 aromatic rings. The number of nitrogens with one attached hydrogen (secondary N) is 1. The molecule has 1 saturated heterocycles. The largest absolute Gasteiger partial charge is 0.386 e. The SMILES string of the molecule is C=C(CN1CCN(CCCCC)CC1)NC(C)C. The Bertz CT molecular complexity index is 230. The summed E-state index contributed by atoms with van der Waals surface area (Å²) >= 11 is 0. The molecular formula is C15H31N3. The molecule has 1 rings (SSSR count). The Balaban J connectivity index is 2.13. The van der Waals surface area contributed by atoms with Crippen molar-refractivity contribution in [3.8, 4) is 0 Å². The van der Waals surface area contributed by atoms with Crippen LogP contribution in [0.3, 0.4) is 0 Å². The monoisotopic (exact) mass is 253 g/mol. The van der Waals surface area contributed by atoms with Gasteiger partial charge in [0.15, 0.2) is 0 Å². The Morgan fingerprint density at radius 3 is 2.28 bits per heavy atom. The van der Waals surface area contributed by atoms with E-state index < -0.39 is 0 Å². The van der Waals surface area contributed by atoms with E-state index in [0.29, 0.717) is 6.04 Å². The topological polar surface area (TPSA) is 18.5 Å². The molecule has 0 aliphatic carbocycles. The molecule has 1 aliphatic rings. The summed E-state index contributed by atoms with van der Waals surface area (Å²) in [6.07, 6.45) is 4.05. The predicted molar refractivity (Wildman–Crippen MR) is 79.8 cm³/mol. The molecule has 0 bridgehead atoms. The van der Waals surface area contributed by atoms with Crippen molar-refractivity contribution >= 4 is 0 Å². The van der Waals surface area contributed by atoms with Crippen molar-refractivity contribution in [1.82, 2.24) is 15.1 Å². The van der Waals surface area contributed by atoms with E-state index >= 15 is 0 Å². The van der Waals surface area contributed by atoms with Gasteiger partial charge in [-0.05, 0) is 26.8 Å². The minimum atomic E-state index is 0.493. The first-order valence-corrected chi connectivity index (χ1v) is 7.50. The van der Waals surface area contributed by atoms with Crippen LogP contribution in [0, 0.1) is 0 Å². The molecule has 3 heteroatoms. The number of unbranched alkanes of at least 4 members (excludes halogenated alkanes) is 2. The third-order valence-electron chi connectivity index (χ3n) is 3.45. The van der Waals surface area contributed by atoms with E-state index in [1.54, 1.807) is 0 Å². The van der Waals surface area contributed by atoms with Gasteiger partial charge in [0, 0.05) is 44.5 Å². The quantitative estimate of drug-likeness (QED) is 0.670. The van der Waals surface area contributed by atoms with Gasteiger partial charge in [-0.2, -0.15) is 0 Å². The molecule has 106 valence electrons. The van der Waals surface area contributed by atoms with Gasteiger partial charge >= 0.3 is 0 Å². The van der Waals surface area contributed by atoms with Gasteiger partial charge < -0.3 is 10.2 Å². The molecule has 0 amide bonds. The lowest BCUT2D eigenvalue weighted by Gasteiger charge is -2.35. The lowest BCUT2D eigenvalue weighted by molar-refractivity contribution is 0.137. The number of piperazine rings is 1. The first-order valence-electron chi connectivity index (χ1n) is 7.50. The average Bonchev–Trinajstić information content (AvgIpc) is 2.30.